The average molecular weight is 461 g/mol. The molecule has 0 saturated heterocycles. The lowest BCUT2D eigenvalue weighted by Gasteiger charge is -2.19. The van der Waals surface area contributed by atoms with Crippen LogP contribution in [-0.2, 0) is 18.5 Å². The van der Waals surface area contributed by atoms with Gasteiger partial charge in [0.1, 0.15) is 11.2 Å². The standard InChI is InChI=1S/C25H30N8O.H2/c1-15(2)32-22(34)19-12-27-24(28-18-8-7-16-13-31(6)14-17(16)11-18)30-21(19)33(32)20-9-10-26-23(29-20)25(3,4)5;/h7-12,15H,13-14H2,1-6H3,(H,27,28,30);1H. The molecule has 0 amide bonds. The van der Waals surface area contributed by atoms with Gasteiger partial charge in [-0.25, -0.2) is 24.3 Å². The van der Waals surface area contributed by atoms with E-state index in [9.17, 15) is 4.79 Å². The van der Waals surface area contributed by atoms with Gasteiger partial charge in [0.15, 0.2) is 11.5 Å². The first-order valence-corrected chi connectivity index (χ1v) is 11.5. The molecule has 0 radical (unpaired) electrons. The molecule has 1 aliphatic rings. The maximum atomic E-state index is 13.3. The number of anilines is 2. The summed E-state index contributed by atoms with van der Waals surface area (Å²) < 4.78 is 3.45. The fourth-order valence-corrected chi connectivity index (χ4v) is 4.35. The Morgan fingerprint density at radius 2 is 1.82 bits per heavy atom. The Morgan fingerprint density at radius 1 is 1.06 bits per heavy atom. The lowest BCUT2D eigenvalue weighted by atomic mass is 9.96. The Hall–Kier alpha value is -3.59. The van der Waals surface area contributed by atoms with Crippen molar-refractivity contribution in [3.63, 3.8) is 0 Å². The molecule has 0 atom stereocenters. The highest BCUT2D eigenvalue weighted by atomic mass is 16.1. The third-order valence-electron chi connectivity index (χ3n) is 5.98. The van der Waals surface area contributed by atoms with E-state index in [1.54, 1.807) is 27.8 Å². The lowest BCUT2D eigenvalue weighted by Crippen LogP contribution is -2.25. The summed E-state index contributed by atoms with van der Waals surface area (Å²) in [5, 5.41) is 3.76. The summed E-state index contributed by atoms with van der Waals surface area (Å²) in [4.78, 5) is 34.0. The Labute approximate surface area is 200 Å². The van der Waals surface area contributed by atoms with Gasteiger partial charge in [-0.15, -0.1) is 0 Å². The lowest BCUT2D eigenvalue weighted by molar-refractivity contribution is 0.353. The molecule has 1 aromatic carbocycles. The molecule has 178 valence electrons. The van der Waals surface area contributed by atoms with E-state index in [0.717, 1.165) is 18.8 Å². The van der Waals surface area contributed by atoms with E-state index in [-0.39, 0.29) is 18.4 Å². The van der Waals surface area contributed by atoms with Crippen molar-refractivity contribution in [1.82, 2.24) is 34.2 Å². The summed E-state index contributed by atoms with van der Waals surface area (Å²) in [6, 6.07) is 8.02. The number of nitrogens with zero attached hydrogens (tertiary/aromatic N) is 7. The van der Waals surface area contributed by atoms with Crippen LogP contribution in [0.25, 0.3) is 16.9 Å². The third-order valence-corrected chi connectivity index (χ3v) is 5.98. The zero-order valence-electron chi connectivity index (χ0n) is 20.5. The molecule has 9 nitrogen and oxygen atoms in total. The molecule has 0 bridgehead atoms. The maximum absolute atomic E-state index is 13.3. The Bertz CT molecular complexity index is 1450. The molecule has 1 N–H and O–H groups in total. The number of nitrogens with one attached hydrogen (secondary N) is 1. The number of benzene rings is 1. The molecule has 0 spiro atoms. The first-order chi connectivity index (χ1) is 16.1. The first kappa shape index (κ1) is 22.2. The van der Waals surface area contributed by atoms with Crippen molar-refractivity contribution in [1.29, 1.82) is 0 Å². The summed E-state index contributed by atoms with van der Waals surface area (Å²) >= 11 is 0. The second kappa shape index (κ2) is 8.02. The van der Waals surface area contributed by atoms with Gasteiger partial charge in [-0.3, -0.25) is 9.69 Å². The minimum atomic E-state index is -0.231. The Kier molecular flexibility index (Phi) is 5.24. The van der Waals surface area contributed by atoms with Crippen molar-refractivity contribution in [2.45, 2.75) is 59.2 Å². The van der Waals surface area contributed by atoms with E-state index in [0.29, 0.717) is 28.6 Å². The van der Waals surface area contributed by atoms with E-state index in [1.165, 1.54) is 11.1 Å². The van der Waals surface area contributed by atoms with E-state index in [1.807, 2.05) is 19.9 Å². The molecule has 0 fully saturated rings. The number of rotatable bonds is 4. The highest BCUT2D eigenvalue weighted by molar-refractivity contribution is 5.77. The molecule has 0 unspecified atom stereocenters. The molecule has 4 heterocycles. The molecular formula is C25H32N8O. The topological polar surface area (TPSA) is 93.8 Å². The van der Waals surface area contributed by atoms with E-state index in [2.05, 4.69) is 60.1 Å². The van der Waals surface area contributed by atoms with Crippen molar-refractivity contribution >= 4 is 22.7 Å². The van der Waals surface area contributed by atoms with Gasteiger partial charge >= 0.3 is 0 Å². The molecule has 9 heteroatoms. The quantitative estimate of drug-likeness (QED) is 0.488. The van der Waals surface area contributed by atoms with Gasteiger partial charge in [-0.05, 0) is 44.2 Å². The molecule has 5 rings (SSSR count). The Balaban J connectivity index is 0.00000289. The van der Waals surface area contributed by atoms with Crippen molar-refractivity contribution in [3.05, 3.63) is 64.0 Å². The fourth-order valence-electron chi connectivity index (χ4n) is 4.35. The molecule has 0 aliphatic carbocycles. The molecule has 1 aliphatic heterocycles. The van der Waals surface area contributed by atoms with Gasteiger partial charge in [-0.1, -0.05) is 26.8 Å². The van der Waals surface area contributed by atoms with Crippen molar-refractivity contribution < 1.29 is 1.43 Å². The average Bonchev–Trinajstić information content (AvgIpc) is 3.29. The fraction of sp³-hybridized carbons (Fsp3) is 0.400. The van der Waals surface area contributed by atoms with Gasteiger partial charge in [-0.2, -0.15) is 4.98 Å². The summed E-state index contributed by atoms with van der Waals surface area (Å²) in [5.41, 5.74) is 3.69. The van der Waals surface area contributed by atoms with Crippen LogP contribution >= 0.6 is 0 Å². The number of fused-ring (bicyclic) bond motifs is 2. The van der Waals surface area contributed by atoms with E-state index in [4.69, 9.17) is 9.97 Å². The van der Waals surface area contributed by atoms with Crippen LogP contribution in [0.2, 0.25) is 0 Å². The van der Waals surface area contributed by atoms with Crippen LogP contribution in [0.5, 0.6) is 0 Å². The predicted octanol–water partition coefficient (Wildman–Crippen LogP) is 4.19. The normalized spacial score (nSPS) is 14.2. The monoisotopic (exact) mass is 460 g/mol. The van der Waals surface area contributed by atoms with Crippen LogP contribution in [0.1, 0.15) is 59.0 Å². The maximum Gasteiger partial charge on any atom is 0.278 e. The first-order valence-electron chi connectivity index (χ1n) is 11.5. The summed E-state index contributed by atoms with van der Waals surface area (Å²) in [6.07, 6.45) is 3.32. The van der Waals surface area contributed by atoms with Gasteiger partial charge in [0, 0.05) is 50.1 Å². The molecule has 0 saturated carbocycles. The second-order valence-electron chi connectivity index (χ2n) is 10.3. The number of hydrogen-bond donors (Lipinski definition) is 1. The van der Waals surface area contributed by atoms with Crippen molar-refractivity contribution in [2.75, 3.05) is 12.4 Å². The zero-order valence-corrected chi connectivity index (χ0v) is 20.5. The zero-order chi connectivity index (χ0) is 24.2. The minimum Gasteiger partial charge on any atom is -0.324 e. The van der Waals surface area contributed by atoms with Gasteiger partial charge in [0.05, 0.1) is 0 Å². The molecular weight excluding hydrogens is 428 g/mol. The van der Waals surface area contributed by atoms with Crippen LogP contribution in [0.15, 0.2) is 41.5 Å². The summed E-state index contributed by atoms with van der Waals surface area (Å²) in [6.45, 7) is 12.0. The summed E-state index contributed by atoms with van der Waals surface area (Å²) in [7, 11) is 2.11. The molecule has 4 aromatic rings. The van der Waals surface area contributed by atoms with Crippen molar-refractivity contribution in [2.24, 2.45) is 0 Å². The minimum absolute atomic E-state index is 0. The Morgan fingerprint density at radius 3 is 2.56 bits per heavy atom. The van der Waals surface area contributed by atoms with Gasteiger partial charge < -0.3 is 5.32 Å². The van der Waals surface area contributed by atoms with Gasteiger partial charge in [0.2, 0.25) is 5.95 Å². The van der Waals surface area contributed by atoms with Crippen LogP contribution in [0.3, 0.4) is 0 Å². The highest BCUT2D eigenvalue weighted by Gasteiger charge is 2.23. The number of hydrogen-bond acceptors (Lipinski definition) is 7. The summed E-state index contributed by atoms with van der Waals surface area (Å²) in [5.74, 6) is 1.73. The van der Waals surface area contributed by atoms with Crippen LogP contribution in [0.4, 0.5) is 11.6 Å². The van der Waals surface area contributed by atoms with E-state index < -0.39 is 0 Å². The highest BCUT2D eigenvalue weighted by Crippen LogP contribution is 2.26. The second-order valence-corrected chi connectivity index (χ2v) is 10.3. The van der Waals surface area contributed by atoms with Crippen molar-refractivity contribution in [3.8, 4) is 5.82 Å². The third kappa shape index (κ3) is 3.86. The SMILES string of the molecule is CC(C)n1c(=O)c2cnc(Nc3ccc4c(c3)CN(C)C4)nc2n1-c1ccnc(C(C)(C)C)n1.[HH]. The van der Waals surface area contributed by atoms with Crippen LogP contribution < -0.4 is 10.9 Å². The number of aromatic nitrogens is 6. The smallest absolute Gasteiger partial charge is 0.278 e. The van der Waals surface area contributed by atoms with Crippen LogP contribution in [0, 0.1) is 0 Å². The van der Waals surface area contributed by atoms with Gasteiger partial charge in [0.25, 0.3) is 5.56 Å². The van der Waals surface area contributed by atoms with Crippen LogP contribution in [-0.4, -0.2) is 41.2 Å². The van der Waals surface area contributed by atoms with E-state index >= 15 is 0 Å². The largest absolute Gasteiger partial charge is 0.324 e. The molecule has 3 aromatic heterocycles. The molecule has 34 heavy (non-hydrogen) atoms. The predicted molar refractivity (Wildman–Crippen MR) is 135 cm³/mol.